The van der Waals surface area contributed by atoms with Gasteiger partial charge in [0, 0.05) is 6.61 Å². The zero-order valence-corrected chi connectivity index (χ0v) is 15.2. The largest absolute Gasteiger partial charge is 0.378 e. The van der Waals surface area contributed by atoms with Gasteiger partial charge in [-0.05, 0) is 20.3 Å². The number of hydrogen-bond donors (Lipinski definition) is 0. The second-order valence-electron chi connectivity index (χ2n) is 7.26. The van der Waals surface area contributed by atoms with Crippen molar-refractivity contribution in [3.8, 4) is 0 Å². The van der Waals surface area contributed by atoms with E-state index in [9.17, 15) is 0 Å². The van der Waals surface area contributed by atoms with Gasteiger partial charge in [-0.1, -0.05) is 64.7 Å². The molecule has 0 aromatic heterocycles. The zero-order valence-electron chi connectivity index (χ0n) is 15.2. The van der Waals surface area contributed by atoms with Crippen molar-refractivity contribution in [2.75, 3.05) is 26.4 Å². The summed E-state index contributed by atoms with van der Waals surface area (Å²) in [6, 6.07) is 0. The summed E-state index contributed by atoms with van der Waals surface area (Å²) in [6.07, 6.45) is 14.0. The van der Waals surface area contributed by atoms with Crippen LogP contribution in [0.2, 0.25) is 0 Å². The number of rotatable bonds is 16. The van der Waals surface area contributed by atoms with E-state index in [4.69, 9.17) is 14.2 Å². The summed E-state index contributed by atoms with van der Waals surface area (Å²) >= 11 is 0. The van der Waals surface area contributed by atoms with E-state index >= 15 is 0 Å². The lowest BCUT2D eigenvalue weighted by atomic mass is 10.1. The Morgan fingerprint density at radius 1 is 0.909 bits per heavy atom. The van der Waals surface area contributed by atoms with Gasteiger partial charge >= 0.3 is 0 Å². The van der Waals surface area contributed by atoms with Crippen molar-refractivity contribution in [3.05, 3.63) is 0 Å². The van der Waals surface area contributed by atoms with Gasteiger partial charge in [-0.15, -0.1) is 0 Å². The summed E-state index contributed by atoms with van der Waals surface area (Å²) in [6.45, 7) is 9.56. The van der Waals surface area contributed by atoms with E-state index in [-0.39, 0.29) is 5.60 Å². The molecule has 1 aliphatic rings. The fraction of sp³-hybridized carbons (Fsp3) is 1.00. The van der Waals surface area contributed by atoms with Crippen molar-refractivity contribution in [2.24, 2.45) is 0 Å². The van der Waals surface area contributed by atoms with Gasteiger partial charge in [0.1, 0.15) is 6.10 Å². The molecular formula is C19H38O3. The van der Waals surface area contributed by atoms with Crippen molar-refractivity contribution in [1.29, 1.82) is 0 Å². The molecule has 0 aromatic rings. The molecule has 1 fully saturated rings. The Balaban J connectivity index is 1.77. The SMILES string of the molecule is CCCCCCCCCCCCOCC(C)(C)OCC1CO1. The normalized spacial score (nSPS) is 17.9. The molecule has 0 aromatic carbocycles. The Hall–Kier alpha value is -0.120. The third kappa shape index (κ3) is 12.4. The maximum atomic E-state index is 5.80. The molecule has 1 saturated heterocycles. The summed E-state index contributed by atoms with van der Waals surface area (Å²) in [5.41, 5.74) is -0.190. The van der Waals surface area contributed by atoms with Gasteiger partial charge in [0.2, 0.25) is 0 Å². The van der Waals surface area contributed by atoms with Gasteiger partial charge in [-0.25, -0.2) is 0 Å². The molecule has 1 heterocycles. The smallest absolute Gasteiger partial charge is 0.104 e. The van der Waals surface area contributed by atoms with E-state index in [2.05, 4.69) is 20.8 Å². The maximum absolute atomic E-state index is 5.80. The average Bonchev–Trinajstić information content (AvgIpc) is 3.31. The van der Waals surface area contributed by atoms with Crippen molar-refractivity contribution in [1.82, 2.24) is 0 Å². The first-order chi connectivity index (χ1) is 10.6. The Kier molecular flexibility index (Phi) is 11.2. The fourth-order valence-corrected chi connectivity index (χ4v) is 2.53. The monoisotopic (exact) mass is 314 g/mol. The number of epoxide rings is 1. The zero-order chi connectivity index (χ0) is 16.1. The predicted octanol–water partition coefficient (Wildman–Crippen LogP) is 5.12. The molecule has 1 rings (SSSR count). The Morgan fingerprint density at radius 3 is 2.00 bits per heavy atom. The van der Waals surface area contributed by atoms with Gasteiger partial charge < -0.3 is 14.2 Å². The Bertz CT molecular complexity index is 249. The highest BCUT2D eigenvalue weighted by atomic mass is 16.6. The molecule has 3 nitrogen and oxygen atoms in total. The topological polar surface area (TPSA) is 31.0 Å². The minimum Gasteiger partial charge on any atom is -0.378 e. The van der Waals surface area contributed by atoms with Gasteiger partial charge in [0.15, 0.2) is 0 Å². The van der Waals surface area contributed by atoms with Crippen LogP contribution in [-0.4, -0.2) is 38.1 Å². The summed E-state index contributed by atoms with van der Waals surface area (Å²) in [7, 11) is 0. The van der Waals surface area contributed by atoms with Crippen LogP contribution in [0, 0.1) is 0 Å². The molecule has 0 aliphatic carbocycles. The van der Waals surface area contributed by atoms with Crippen LogP contribution < -0.4 is 0 Å². The highest BCUT2D eigenvalue weighted by Crippen LogP contribution is 2.16. The summed E-state index contributed by atoms with van der Waals surface area (Å²) in [5.74, 6) is 0. The van der Waals surface area contributed by atoms with E-state index in [1.54, 1.807) is 0 Å². The first-order valence-electron chi connectivity index (χ1n) is 9.47. The highest BCUT2D eigenvalue weighted by molar-refractivity contribution is 4.73. The molecule has 3 heteroatoms. The van der Waals surface area contributed by atoms with Gasteiger partial charge in [-0.3, -0.25) is 0 Å². The second-order valence-corrected chi connectivity index (χ2v) is 7.26. The molecule has 0 bridgehead atoms. The second kappa shape index (κ2) is 12.3. The van der Waals surface area contributed by atoms with Gasteiger partial charge in [0.25, 0.3) is 0 Å². The summed E-state index contributed by atoms with van der Waals surface area (Å²) < 4.78 is 16.7. The lowest BCUT2D eigenvalue weighted by Crippen LogP contribution is -2.32. The van der Waals surface area contributed by atoms with Gasteiger partial charge in [0.05, 0.1) is 25.4 Å². The molecule has 0 amide bonds. The summed E-state index contributed by atoms with van der Waals surface area (Å²) in [5, 5.41) is 0. The van der Waals surface area contributed by atoms with Crippen LogP contribution in [0.1, 0.15) is 85.0 Å². The standard InChI is InChI=1S/C19H38O3/c1-4-5-6-7-8-9-10-11-12-13-14-20-17-19(2,3)22-16-18-15-21-18/h18H,4-17H2,1-3H3. The number of hydrogen-bond acceptors (Lipinski definition) is 3. The van der Waals surface area contributed by atoms with Crippen molar-refractivity contribution >= 4 is 0 Å². The van der Waals surface area contributed by atoms with E-state index in [0.717, 1.165) is 13.2 Å². The van der Waals surface area contributed by atoms with E-state index in [1.165, 1.54) is 64.2 Å². The van der Waals surface area contributed by atoms with Gasteiger partial charge in [-0.2, -0.15) is 0 Å². The Labute approximate surface area is 138 Å². The van der Waals surface area contributed by atoms with Crippen LogP contribution in [0.15, 0.2) is 0 Å². The molecule has 0 radical (unpaired) electrons. The molecule has 132 valence electrons. The first-order valence-corrected chi connectivity index (χ1v) is 9.47. The number of ether oxygens (including phenoxy) is 3. The molecule has 22 heavy (non-hydrogen) atoms. The minimum absolute atomic E-state index is 0.190. The highest BCUT2D eigenvalue weighted by Gasteiger charge is 2.27. The first kappa shape index (κ1) is 19.9. The third-order valence-electron chi connectivity index (χ3n) is 4.15. The van der Waals surface area contributed by atoms with E-state index in [1.807, 2.05) is 0 Å². The molecule has 0 spiro atoms. The van der Waals surface area contributed by atoms with Crippen molar-refractivity contribution < 1.29 is 14.2 Å². The molecule has 1 aliphatic heterocycles. The average molecular weight is 315 g/mol. The molecule has 0 N–H and O–H groups in total. The molecule has 1 atom stereocenters. The van der Waals surface area contributed by atoms with Crippen LogP contribution >= 0.6 is 0 Å². The molecule has 1 unspecified atom stereocenters. The van der Waals surface area contributed by atoms with Crippen LogP contribution in [-0.2, 0) is 14.2 Å². The fourth-order valence-electron chi connectivity index (χ4n) is 2.53. The minimum atomic E-state index is -0.190. The third-order valence-corrected chi connectivity index (χ3v) is 4.15. The van der Waals surface area contributed by atoms with Crippen molar-refractivity contribution in [3.63, 3.8) is 0 Å². The quantitative estimate of drug-likeness (QED) is 0.293. The summed E-state index contributed by atoms with van der Waals surface area (Å²) in [4.78, 5) is 0. The lowest BCUT2D eigenvalue weighted by molar-refractivity contribution is -0.0791. The predicted molar refractivity (Wildman–Crippen MR) is 92.4 cm³/mol. The number of unbranched alkanes of at least 4 members (excludes halogenated alkanes) is 9. The van der Waals surface area contributed by atoms with Crippen LogP contribution in [0.4, 0.5) is 0 Å². The maximum Gasteiger partial charge on any atom is 0.104 e. The molecular weight excluding hydrogens is 276 g/mol. The van der Waals surface area contributed by atoms with Crippen molar-refractivity contribution in [2.45, 2.75) is 96.7 Å². The van der Waals surface area contributed by atoms with E-state index in [0.29, 0.717) is 19.3 Å². The van der Waals surface area contributed by atoms with Crippen LogP contribution in [0.3, 0.4) is 0 Å². The Morgan fingerprint density at radius 2 is 1.45 bits per heavy atom. The van der Waals surface area contributed by atoms with Crippen LogP contribution in [0.25, 0.3) is 0 Å². The van der Waals surface area contributed by atoms with Crippen LogP contribution in [0.5, 0.6) is 0 Å². The molecule has 0 saturated carbocycles. The van der Waals surface area contributed by atoms with E-state index < -0.39 is 0 Å². The lowest BCUT2D eigenvalue weighted by Gasteiger charge is -2.24.